The molecule has 5 aromatic carbocycles. The molecule has 0 saturated heterocycles. The molecule has 0 saturated carbocycles. The molecule has 2 heteroatoms. The molecule has 0 heterocycles. The van der Waals surface area contributed by atoms with Crippen LogP contribution in [0.15, 0.2) is 97.1 Å². The molecule has 0 unspecified atom stereocenters. The summed E-state index contributed by atoms with van der Waals surface area (Å²) in [7, 11) is -3.19. The minimum absolute atomic E-state index is 1.07. The van der Waals surface area contributed by atoms with Crippen LogP contribution in [-0.4, -0.2) is 16.1 Å². The van der Waals surface area contributed by atoms with E-state index in [1.807, 2.05) is 0 Å². The van der Waals surface area contributed by atoms with Gasteiger partial charge in [0.25, 0.3) is 0 Å². The van der Waals surface area contributed by atoms with Gasteiger partial charge in [-0.3, -0.25) is 0 Å². The lowest BCUT2D eigenvalue weighted by atomic mass is 9.88. The second-order valence-electron chi connectivity index (χ2n) is 12.0. The predicted octanol–water partition coefficient (Wildman–Crippen LogP) is 9.78. The number of hydrogen-bond donors (Lipinski definition) is 0. The van der Waals surface area contributed by atoms with Gasteiger partial charge in [-0.05, 0) is 55.9 Å². The molecule has 0 fully saturated rings. The van der Waals surface area contributed by atoms with Crippen molar-refractivity contribution in [3.8, 4) is 45.2 Å². The van der Waals surface area contributed by atoms with Gasteiger partial charge >= 0.3 is 0 Å². The van der Waals surface area contributed by atoms with Gasteiger partial charge < -0.3 is 0 Å². The first kappa shape index (κ1) is 25.8. The first-order chi connectivity index (χ1) is 18.1. The number of benzene rings is 5. The van der Waals surface area contributed by atoms with E-state index >= 15 is 0 Å². The van der Waals surface area contributed by atoms with Crippen molar-refractivity contribution in [3.63, 3.8) is 0 Å². The van der Waals surface area contributed by atoms with Gasteiger partial charge in [-0.15, -0.1) is 11.1 Å². The summed E-state index contributed by atoms with van der Waals surface area (Å²) in [5.41, 5.74) is 14.2. The molecule has 186 valence electrons. The highest BCUT2D eigenvalue weighted by Gasteiger charge is 2.17. The summed E-state index contributed by atoms with van der Waals surface area (Å²) in [5, 5.41) is 4.96. The van der Waals surface area contributed by atoms with Crippen LogP contribution in [0.3, 0.4) is 0 Å². The number of hydrogen-bond acceptors (Lipinski definition) is 0. The van der Waals surface area contributed by atoms with Gasteiger partial charge in [0.15, 0.2) is 0 Å². The Morgan fingerprint density at radius 2 is 0.789 bits per heavy atom. The SMILES string of the molecule is C[Si](C)(C)C#Cc1cc(-c2cccc3ccccc23)c(C#C[Si](C)(C)C)cc1-c1cccc2ccccc12. The quantitative estimate of drug-likeness (QED) is 0.160. The monoisotopic (exact) mass is 522 g/mol. The van der Waals surface area contributed by atoms with Crippen molar-refractivity contribution in [3.05, 3.63) is 108 Å². The maximum atomic E-state index is 3.65. The van der Waals surface area contributed by atoms with Crippen molar-refractivity contribution in [1.82, 2.24) is 0 Å². The molecule has 0 aliphatic heterocycles. The minimum atomic E-state index is -1.60. The lowest BCUT2D eigenvalue weighted by molar-refractivity contribution is 1.56. The standard InChI is InChI=1S/C36H34Si2/c1-37(2,3)23-21-29-25-36(34-20-12-16-28-14-8-10-18-32(28)34)30(22-24-38(4,5)6)26-35(29)33-19-11-15-27-13-7-9-17-31(27)33/h7-20,25-26H,1-6H3. The molecule has 0 radical (unpaired) electrons. The zero-order valence-corrected chi connectivity index (χ0v) is 25.2. The molecule has 38 heavy (non-hydrogen) atoms. The van der Waals surface area contributed by atoms with Crippen molar-refractivity contribution in [1.29, 1.82) is 0 Å². The van der Waals surface area contributed by atoms with Crippen molar-refractivity contribution in [2.45, 2.75) is 39.3 Å². The maximum absolute atomic E-state index is 3.65. The second kappa shape index (κ2) is 10.1. The average molecular weight is 523 g/mol. The van der Waals surface area contributed by atoms with Gasteiger partial charge in [0.2, 0.25) is 0 Å². The van der Waals surface area contributed by atoms with Crippen LogP contribution in [-0.2, 0) is 0 Å². The molecular formula is C36H34Si2. The second-order valence-corrected chi connectivity index (χ2v) is 21.5. The Labute approximate surface area is 229 Å². The summed E-state index contributed by atoms with van der Waals surface area (Å²) in [6, 6.07) is 35.0. The summed E-state index contributed by atoms with van der Waals surface area (Å²) in [5.74, 6) is 7.29. The van der Waals surface area contributed by atoms with Crippen LogP contribution in [0.4, 0.5) is 0 Å². The fourth-order valence-corrected chi connectivity index (χ4v) is 5.70. The van der Waals surface area contributed by atoms with E-state index in [9.17, 15) is 0 Å². The first-order valence-corrected chi connectivity index (χ1v) is 20.3. The first-order valence-electron chi connectivity index (χ1n) is 13.3. The zero-order valence-electron chi connectivity index (χ0n) is 23.2. The van der Waals surface area contributed by atoms with Gasteiger partial charge in [-0.1, -0.05) is 136 Å². The number of fused-ring (bicyclic) bond motifs is 2. The van der Waals surface area contributed by atoms with E-state index in [2.05, 4.69) is 159 Å². The number of rotatable bonds is 2. The van der Waals surface area contributed by atoms with Crippen molar-refractivity contribution >= 4 is 37.7 Å². The van der Waals surface area contributed by atoms with E-state index in [0.29, 0.717) is 0 Å². The van der Waals surface area contributed by atoms with Gasteiger partial charge in [-0.2, -0.15) is 0 Å². The Hall–Kier alpha value is -3.83. The fourth-order valence-electron chi connectivity index (χ4n) is 4.68. The van der Waals surface area contributed by atoms with E-state index in [4.69, 9.17) is 0 Å². The third kappa shape index (κ3) is 5.68. The van der Waals surface area contributed by atoms with Gasteiger partial charge in [-0.25, -0.2) is 0 Å². The third-order valence-electron chi connectivity index (χ3n) is 6.46. The Morgan fingerprint density at radius 3 is 1.18 bits per heavy atom. The molecule has 0 nitrogen and oxygen atoms in total. The molecular weight excluding hydrogens is 489 g/mol. The molecule has 0 atom stereocenters. The molecule has 0 amide bonds. The lowest BCUT2D eigenvalue weighted by Gasteiger charge is -2.16. The van der Waals surface area contributed by atoms with E-state index < -0.39 is 16.1 Å². The highest BCUT2D eigenvalue weighted by molar-refractivity contribution is 6.84. The van der Waals surface area contributed by atoms with Crippen LogP contribution in [0.5, 0.6) is 0 Å². The summed E-state index contributed by atoms with van der Waals surface area (Å²) in [6.45, 7) is 13.8. The predicted molar refractivity (Wildman–Crippen MR) is 173 cm³/mol. The van der Waals surface area contributed by atoms with Gasteiger partial charge in [0.1, 0.15) is 16.1 Å². The Balaban J connectivity index is 1.89. The van der Waals surface area contributed by atoms with Crippen LogP contribution < -0.4 is 0 Å². The Kier molecular flexibility index (Phi) is 6.89. The van der Waals surface area contributed by atoms with Crippen LogP contribution in [0.1, 0.15) is 11.1 Å². The zero-order chi connectivity index (χ0) is 26.9. The lowest BCUT2D eigenvalue weighted by Crippen LogP contribution is -2.16. The van der Waals surface area contributed by atoms with Gasteiger partial charge in [0.05, 0.1) is 0 Å². The summed E-state index contributed by atoms with van der Waals surface area (Å²) in [4.78, 5) is 0. The molecule has 0 bridgehead atoms. The van der Waals surface area contributed by atoms with E-state index in [1.165, 1.54) is 32.7 Å². The van der Waals surface area contributed by atoms with E-state index in [0.717, 1.165) is 22.3 Å². The molecule has 0 aromatic heterocycles. The van der Waals surface area contributed by atoms with Crippen molar-refractivity contribution in [2.24, 2.45) is 0 Å². The largest absolute Gasteiger partial charge is 0.129 e. The van der Waals surface area contributed by atoms with Crippen LogP contribution in [0.25, 0.3) is 43.8 Å². The average Bonchev–Trinajstić information content (AvgIpc) is 2.89. The smallest absolute Gasteiger partial charge is 0.127 e. The molecule has 0 N–H and O–H groups in total. The highest BCUT2D eigenvalue weighted by Crippen LogP contribution is 2.38. The Morgan fingerprint density at radius 1 is 0.421 bits per heavy atom. The maximum Gasteiger partial charge on any atom is 0.129 e. The summed E-state index contributed by atoms with van der Waals surface area (Å²) in [6.07, 6.45) is 0. The van der Waals surface area contributed by atoms with Crippen molar-refractivity contribution in [2.75, 3.05) is 0 Å². The van der Waals surface area contributed by atoms with Crippen LogP contribution in [0.2, 0.25) is 39.3 Å². The van der Waals surface area contributed by atoms with Crippen molar-refractivity contribution < 1.29 is 0 Å². The summed E-state index contributed by atoms with van der Waals surface area (Å²) < 4.78 is 0. The van der Waals surface area contributed by atoms with E-state index in [-0.39, 0.29) is 0 Å². The van der Waals surface area contributed by atoms with Crippen LogP contribution in [0, 0.1) is 22.9 Å². The Bertz CT molecular complexity index is 1640. The summed E-state index contributed by atoms with van der Waals surface area (Å²) >= 11 is 0. The fraction of sp³-hybridized carbons (Fsp3) is 0.167. The molecule has 5 aromatic rings. The normalized spacial score (nSPS) is 11.5. The van der Waals surface area contributed by atoms with Gasteiger partial charge in [0, 0.05) is 11.1 Å². The van der Waals surface area contributed by atoms with E-state index in [1.54, 1.807) is 0 Å². The molecule has 0 aliphatic rings. The van der Waals surface area contributed by atoms with Crippen LogP contribution >= 0.6 is 0 Å². The molecule has 0 aliphatic carbocycles. The minimum Gasteiger partial charge on any atom is -0.127 e. The molecule has 0 spiro atoms. The third-order valence-corrected chi connectivity index (χ3v) is 8.21. The molecule has 5 rings (SSSR count). The topological polar surface area (TPSA) is 0 Å². The highest BCUT2D eigenvalue weighted by atomic mass is 28.3.